The van der Waals surface area contributed by atoms with Gasteiger partial charge in [0.05, 0.1) is 6.10 Å². The molecule has 1 atom stereocenters. The van der Waals surface area contributed by atoms with Crippen LogP contribution in [-0.2, 0) is 14.8 Å². The first-order valence-corrected chi connectivity index (χ1v) is 7.47. The third kappa shape index (κ3) is 3.22. The normalized spacial score (nSPS) is 20.8. The fourth-order valence-electron chi connectivity index (χ4n) is 1.93. The Morgan fingerprint density at radius 3 is 2.78 bits per heavy atom. The number of phenolic OH excluding ortho intramolecular Hbond substituents is 1. The number of rotatable bonds is 4. The lowest BCUT2D eigenvalue weighted by Gasteiger charge is -2.22. The van der Waals surface area contributed by atoms with Gasteiger partial charge in [0.2, 0.25) is 10.0 Å². The van der Waals surface area contributed by atoms with Gasteiger partial charge in [-0.1, -0.05) is 12.1 Å². The van der Waals surface area contributed by atoms with Crippen LogP contribution in [0, 0.1) is 0 Å². The van der Waals surface area contributed by atoms with Crippen molar-refractivity contribution in [3.8, 4) is 5.75 Å². The number of aromatic hydroxyl groups is 1. The summed E-state index contributed by atoms with van der Waals surface area (Å²) in [6, 6.07) is 5.88. The summed E-state index contributed by atoms with van der Waals surface area (Å²) < 4.78 is 31.9. The summed E-state index contributed by atoms with van der Waals surface area (Å²) in [5, 5.41) is 9.53. The summed E-state index contributed by atoms with van der Waals surface area (Å²) >= 11 is 0. The SMILES string of the molecule is O=S(=O)(NCC1CCCCO1)c1ccccc1O. The summed E-state index contributed by atoms with van der Waals surface area (Å²) in [4.78, 5) is -0.0965. The molecule has 1 heterocycles. The van der Waals surface area contributed by atoms with Gasteiger partial charge in [0.25, 0.3) is 0 Å². The van der Waals surface area contributed by atoms with Gasteiger partial charge in [0.15, 0.2) is 0 Å². The highest BCUT2D eigenvalue weighted by molar-refractivity contribution is 7.89. The molecular weight excluding hydrogens is 254 g/mol. The largest absolute Gasteiger partial charge is 0.507 e. The first-order valence-electron chi connectivity index (χ1n) is 5.99. The van der Waals surface area contributed by atoms with Crippen LogP contribution >= 0.6 is 0 Å². The van der Waals surface area contributed by atoms with Crippen molar-refractivity contribution in [2.75, 3.05) is 13.2 Å². The van der Waals surface area contributed by atoms with Crippen molar-refractivity contribution in [2.24, 2.45) is 0 Å². The van der Waals surface area contributed by atoms with E-state index in [0.717, 1.165) is 19.3 Å². The van der Waals surface area contributed by atoms with Gasteiger partial charge in [-0.2, -0.15) is 0 Å². The minimum Gasteiger partial charge on any atom is -0.507 e. The molecule has 1 aliphatic heterocycles. The van der Waals surface area contributed by atoms with Crippen LogP contribution < -0.4 is 4.72 Å². The molecule has 2 N–H and O–H groups in total. The Kier molecular flexibility index (Phi) is 4.21. The van der Waals surface area contributed by atoms with Crippen LogP contribution in [0.4, 0.5) is 0 Å². The van der Waals surface area contributed by atoms with Gasteiger partial charge in [-0.05, 0) is 31.4 Å². The van der Waals surface area contributed by atoms with E-state index in [2.05, 4.69) is 4.72 Å². The molecule has 5 nitrogen and oxygen atoms in total. The molecule has 6 heteroatoms. The second kappa shape index (κ2) is 5.69. The third-order valence-corrected chi connectivity index (χ3v) is 4.40. The summed E-state index contributed by atoms with van der Waals surface area (Å²) in [6.07, 6.45) is 2.88. The lowest BCUT2D eigenvalue weighted by atomic mass is 10.1. The van der Waals surface area contributed by atoms with Crippen molar-refractivity contribution in [3.05, 3.63) is 24.3 Å². The zero-order valence-electron chi connectivity index (χ0n) is 10.0. The Balaban J connectivity index is 2.01. The Bertz CT molecular complexity index is 495. The lowest BCUT2D eigenvalue weighted by Crippen LogP contribution is -2.35. The molecule has 0 bridgehead atoms. The highest BCUT2D eigenvalue weighted by Gasteiger charge is 2.21. The van der Waals surface area contributed by atoms with Gasteiger partial charge in [0, 0.05) is 13.2 Å². The van der Waals surface area contributed by atoms with Crippen LogP contribution in [-0.4, -0.2) is 32.8 Å². The number of sulfonamides is 1. The Labute approximate surface area is 107 Å². The predicted molar refractivity (Wildman–Crippen MR) is 66.9 cm³/mol. The molecule has 100 valence electrons. The average Bonchev–Trinajstić information content (AvgIpc) is 2.38. The van der Waals surface area contributed by atoms with Crippen molar-refractivity contribution in [1.29, 1.82) is 0 Å². The van der Waals surface area contributed by atoms with Gasteiger partial charge in [0.1, 0.15) is 10.6 Å². The molecule has 0 radical (unpaired) electrons. The van der Waals surface area contributed by atoms with E-state index < -0.39 is 10.0 Å². The van der Waals surface area contributed by atoms with E-state index in [1.165, 1.54) is 12.1 Å². The van der Waals surface area contributed by atoms with Crippen molar-refractivity contribution in [1.82, 2.24) is 4.72 Å². The molecule has 1 aromatic carbocycles. The molecule has 1 aromatic rings. The quantitative estimate of drug-likeness (QED) is 0.864. The van der Waals surface area contributed by atoms with E-state index in [4.69, 9.17) is 4.74 Å². The van der Waals surface area contributed by atoms with Gasteiger partial charge in [-0.25, -0.2) is 13.1 Å². The lowest BCUT2D eigenvalue weighted by molar-refractivity contribution is 0.0200. The molecule has 1 fully saturated rings. The number of phenols is 1. The smallest absolute Gasteiger partial charge is 0.244 e. The van der Waals surface area contributed by atoms with E-state index in [9.17, 15) is 13.5 Å². The van der Waals surface area contributed by atoms with Crippen LogP contribution in [0.2, 0.25) is 0 Å². The molecule has 0 amide bonds. The summed E-state index contributed by atoms with van der Waals surface area (Å²) in [5.41, 5.74) is 0. The van der Waals surface area contributed by atoms with E-state index in [1.807, 2.05) is 0 Å². The number of benzene rings is 1. The second-order valence-corrected chi connectivity index (χ2v) is 6.04. The molecule has 0 aromatic heterocycles. The van der Waals surface area contributed by atoms with Crippen molar-refractivity contribution >= 4 is 10.0 Å². The van der Waals surface area contributed by atoms with Crippen LogP contribution in [0.25, 0.3) is 0 Å². The van der Waals surface area contributed by atoms with Gasteiger partial charge in [-0.15, -0.1) is 0 Å². The van der Waals surface area contributed by atoms with E-state index in [-0.39, 0.29) is 23.3 Å². The molecule has 2 rings (SSSR count). The highest BCUT2D eigenvalue weighted by atomic mass is 32.2. The van der Waals surface area contributed by atoms with Crippen molar-refractivity contribution in [2.45, 2.75) is 30.3 Å². The zero-order valence-corrected chi connectivity index (χ0v) is 10.8. The van der Waals surface area contributed by atoms with E-state index >= 15 is 0 Å². The van der Waals surface area contributed by atoms with Gasteiger partial charge < -0.3 is 9.84 Å². The number of hydrogen-bond acceptors (Lipinski definition) is 4. The van der Waals surface area contributed by atoms with Crippen molar-refractivity contribution < 1.29 is 18.3 Å². The summed E-state index contributed by atoms with van der Waals surface area (Å²) in [6.45, 7) is 0.930. The average molecular weight is 271 g/mol. The zero-order chi connectivity index (χ0) is 13.0. The molecule has 0 saturated carbocycles. The summed E-state index contributed by atoms with van der Waals surface area (Å²) in [7, 11) is -3.67. The Morgan fingerprint density at radius 1 is 1.33 bits per heavy atom. The summed E-state index contributed by atoms with van der Waals surface area (Å²) in [5.74, 6) is -0.241. The van der Waals surface area contributed by atoms with Crippen LogP contribution in [0.3, 0.4) is 0 Å². The Morgan fingerprint density at radius 2 is 2.11 bits per heavy atom. The third-order valence-electron chi connectivity index (χ3n) is 2.93. The topological polar surface area (TPSA) is 75.6 Å². The number of ether oxygens (including phenoxy) is 1. The first-order chi connectivity index (χ1) is 8.59. The molecule has 1 aliphatic rings. The number of para-hydroxylation sites is 1. The second-order valence-electron chi connectivity index (χ2n) is 4.31. The molecule has 18 heavy (non-hydrogen) atoms. The molecule has 0 aliphatic carbocycles. The Hall–Kier alpha value is -1.11. The van der Waals surface area contributed by atoms with Crippen molar-refractivity contribution in [3.63, 3.8) is 0 Å². The van der Waals surface area contributed by atoms with Crippen LogP contribution in [0.1, 0.15) is 19.3 Å². The predicted octanol–water partition coefficient (Wildman–Crippen LogP) is 1.24. The molecule has 1 unspecified atom stereocenters. The molecular formula is C12H17NO4S. The van der Waals surface area contributed by atoms with E-state index in [0.29, 0.717) is 6.61 Å². The van der Waals surface area contributed by atoms with Gasteiger partial charge >= 0.3 is 0 Å². The first kappa shape index (κ1) is 13.3. The molecule has 0 spiro atoms. The van der Waals surface area contributed by atoms with Crippen LogP contribution in [0.15, 0.2) is 29.2 Å². The minimum absolute atomic E-state index is 0.0700. The van der Waals surface area contributed by atoms with Crippen LogP contribution in [0.5, 0.6) is 5.75 Å². The monoisotopic (exact) mass is 271 g/mol. The maximum atomic E-state index is 12.0. The van der Waals surface area contributed by atoms with E-state index in [1.54, 1.807) is 12.1 Å². The number of nitrogens with one attached hydrogen (secondary N) is 1. The molecule has 1 saturated heterocycles. The fourth-order valence-corrected chi connectivity index (χ4v) is 3.10. The standard InChI is InChI=1S/C12H17NO4S/c14-11-6-1-2-7-12(11)18(15,16)13-9-10-5-3-4-8-17-10/h1-2,6-7,10,13-14H,3-5,8-9H2. The minimum atomic E-state index is -3.67. The fraction of sp³-hybridized carbons (Fsp3) is 0.500. The maximum absolute atomic E-state index is 12.0. The number of hydrogen-bond donors (Lipinski definition) is 2. The van der Waals surface area contributed by atoms with Gasteiger partial charge in [-0.3, -0.25) is 0 Å². The highest BCUT2D eigenvalue weighted by Crippen LogP contribution is 2.21. The maximum Gasteiger partial charge on any atom is 0.244 e.